The summed E-state index contributed by atoms with van der Waals surface area (Å²) in [7, 11) is -3.11. The molecule has 1 spiro atoms. The van der Waals surface area contributed by atoms with Gasteiger partial charge in [0.15, 0.2) is 0 Å². The molecule has 2 saturated heterocycles. The normalized spacial score (nSPS) is 68.0. The van der Waals surface area contributed by atoms with Crippen LogP contribution in [0, 0.1) is 20.8 Å². The summed E-state index contributed by atoms with van der Waals surface area (Å²) in [4.78, 5) is 7.75. The third-order valence-electron chi connectivity index (χ3n) is 1.33. The number of quaternary nitrogens is 4. The summed E-state index contributed by atoms with van der Waals surface area (Å²) < 4.78 is -4.21. The minimum Gasteiger partial charge on any atom is -0.572 e. The van der Waals surface area contributed by atoms with Crippen molar-refractivity contribution in [2.75, 3.05) is 0 Å². The Morgan fingerprint density at radius 1 is 0.727 bits per heavy atom. The van der Waals surface area contributed by atoms with Gasteiger partial charge in [0.05, 0.1) is 0 Å². The molecular formula is H4N4O6S. The summed E-state index contributed by atoms with van der Waals surface area (Å²) in [6.07, 6.45) is 0. The molecule has 66 valence electrons. The molecule has 2 rings (SSSR count). The molecule has 4 atom stereocenters. The molecule has 0 saturated carbocycles. The first-order valence-corrected chi connectivity index (χ1v) is 4.08. The predicted molar refractivity (Wildman–Crippen MR) is 27.1 cm³/mol. The zero-order chi connectivity index (χ0) is 8.22. The van der Waals surface area contributed by atoms with Crippen LogP contribution in [-0.4, -0.2) is 0 Å². The highest BCUT2D eigenvalue weighted by molar-refractivity contribution is 8.12. The Labute approximate surface area is 61.0 Å². The molecule has 0 aromatic carbocycles. The zero-order valence-electron chi connectivity index (χ0n) is 4.86. The van der Waals surface area contributed by atoms with Gasteiger partial charge in [-0.3, -0.25) is 0 Å². The molecule has 0 aliphatic carbocycles. The molecule has 11 heteroatoms. The third kappa shape index (κ3) is 0.616. The topological polar surface area (TPSA) is 128 Å². The van der Waals surface area contributed by atoms with E-state index < -0.39 is 29.3 Å². The van der Waals surface area contributed by atoms with E-state index in [9.17, 15) is 20.8 Å². The lowest BCUT2D eigenvalue weighted by atomic mass is 12.8. The Morgan fingerprint density at radius 3 is 1.09 bits per heavy atom. The van der Waals surface area contributed by atoms with Crippen LogP contribution >= 0.6 is 10.8 Å². The van der Waals surface area contributed by atoms with Gasteiger partial charge in [-0.05, 0) is 0 Å². The highest BCUT2D eigenvalue weighted by Gasteiger charge is 2.78. The van der Waals surface area contributed by atoms with Crippen LogP contribution in [0.25, 0.3) is 0 Å². The Bertz CT molecular complexity index is 146. The van der Waals surface area contributed by atoms with Gasteiger partial charge in [-0.25, -0.2) is 0 Å². The fraction of sp³-hybridized carbons (Fsp3) is 0. The number of hydrogen-bond acceptors (Lipinski definition) is 6. The monoisotopic (exact) mass is 188 g/mol. The molecule has 11 heavy (non-hydrogen) atoms. The van der Waals surface area contributed by atoms with E-state index in [1.165, 1.54) is 0 Å². The van der Waals surface area contributed by atoms with Gasteiger partial charge in [0.2, 0.25) is 0 Å². The molecular weight excluding hydrogens is 184 g/mol. The Hall–Kier alpha value is -0.0500. The highest BCUT2D eigenvalue weighted by atomic mass is 32.3. The zero-order valence-corrected chi connectivity index (χ0v) is 5.67. The quantitative estimate of drug-likeness (QED) is 0.280. The minimum absolute atomic E-state index is 1.05. The lowest BCUT2D eigenvalue weighted by molar-refractivity contribution is -1.44. The number of hydrogen-bond donors (Lipinski definition) is 4. The van der Waals surface area contributed by atoms with Crippen molar-refractivity contribution >= 4 is 10.8 Å². The largest absolute Gasteiger partial charge is 0.572 e. The second kappa shape index (κ2) is 2.00. The van der Waals surface area contributed by atoms with Gasteiger partial charge in [-0.2, -0.15) is 0 Å². The summed E-state index contributed by atoms with van der Waals surface area (Å²) in [5.74, 6) is 0. The molecule has 0 aromatic heterocycles. The number of rotatable bonds is 0. The van der Waals surface area contributed by atoms with Gasteiger partial charge >= 0.3 is 10.8 Å². The molecule has 0 radical (unpaired) electrons. The third-order valence-corrected chi connectivity index (χ3v) is 3.67. The van der Waals surface area contributed by atoms with E-state index in [0.717, 1.165) is 0 Å². The maximum absolute atomic E-state index is 10.5. The van der Waals surface area contributed by atoms with Crippen molar-refractivity contribution in [3.8, 4) is 0 Å². The van der Waals surface area contributed by atoms with Crippen LogP contribution in [0.5, 0.6) is 0 Å². The van der Waals surface area contributed by atoms with Crippen molar-refractivity contribution < 1.29 is 28.4 Å². The molecule has 0 aromatic rings. The molecule has 10 nitrogen and oxygen atoms in total. The molecule has 0 amide bonds. The lowest BCUT2D eigenvalue weighted by Gasteiger charge is -2.57. The van der Waals surface area contributed by atoms with Crippen molar-refractivity contribution in [2.45, 2.75) is 0 Å². The molecule has 2 heterocycles. The molecule has 4 unspecified atom stereocenters. The Morgan fingerprint density at radius 2 is 1.00 bits per heavy atom. The van der Waals surface area contributed by atoms with Gasteiger partial charge < -0.3 is 20.8 Å². The van der Waals surface area contributed by atoms with Gasteiger partial charge in [0, 0.05) is 28.4 Å². The molecule has 2 fully saturated rings. The van der Waals surface area contributed by atoms with Crippen molar-refractivity contribution in [3.63, 3.8) is 0 Å². The summed E-state index contributed by atoms with van der Waals surface area (Å²) >= 11 is 0. The second-order valence-electron chi connectivity index (χ2n) is 1.82. The van der Waals surface area contributed by atoms with E-state index in [4.69, 9.17) is 0 Å². The Kier molecular flexibility index (Phi) is 1.38. The highest BCUT2D eigenvalue weighted by Crippen LogP contribution is 2.14. The summed E-state index contributed by atoms with van der Waals surface area (Å²) in [5, 5.41) is 42.2. The maximum Gasteiger partial charge on any atom is 0.461 e. The molecule has 4 N–H and O–H groups in total. The van der Waals surface area contributed by atoms with Gasteiger partial charge in [0.1, 0.15) is 0 Å². The fourth-order valence-corrected chi connectivity index (χ4v) is 2.11. The van der Waals surface area contributed by atoms with E-state index >= 15 is 0 Å². The number of nitrogens with one attached hydrogen (secondary N) is 4. The first-order chi connectivity index (χ1) is 5.10. The smallest absolute Gasteiger partial charge is 0.461 e. The van der Waals surface area contributed by atoms with E-state index in [1.54, 1.807) is 0 Å². The Balaban J connectivity index is 2.20. The van der Waals surface area contributed by atoms with Crippen LogP contribution in [0.4, 0.5) is 0 Å². The van der Waals surface area contributed by atoms with E-state index in [2.05, 4.69) is 9.88 Å². The van der Waals surface area contributed by atoms with Crippen LogP contribution in [0.15, 0.2) is 0 Å². The fourth-order valence-electron chi connectivity index (χ4n) is 0.726. The summed E-state index contributed by atoms with van der Waals surface area (Å²) in [5.41, 5.74) is 0. The second-order valence-corrected chi connectivity index (χ2v) is 4.37. The van der Waals surface area contributed by atoms with E-state index in [-0.39, 0.29) is 0 Å². The van der Waals surface area contributed by atoms with Crippen LogP contribution in [0.3, 0.4) is 0 Å². The van der Waals surface area contributed by atoms with Crippen molar-refractivity contribution in [1.82, 2.24) is 0 Å². The lowest BCUT2D eigenvalue weighted by Crippen LogP contribution is -3.69. The molecule has 2 aliphatic rings. The summed E-state index contributed by atoms with van der Waals surface area (Å²) in [6, 6.07) is 0. The van der Waals surface area contributed by atoms with Crippen LogP contribution in [-0.2, 0) is 9.88 Å². The average Bonchev–Trinajstić information content (AvgIpc) is 1.86. The molecule has 2 aliphatic heterocycles. The first-order valence-electron chi connectivity index (χ1n) is 2.45. The predicted octanol–water partition coefficient (Wildman–Crippen LogP) is -6.30. The first kappa shape index (κ1) is 7.59. The van der Waals surface area contributed by atoms with E-state index in [0.29, 0.717) is 0 Å². The average molecular weight is 188 g/mol. The SMILES string of the molecule is [O-][NH+]1O[NH+]([O-])S12[NH+]([O-])O[NH+]2[O-]. The minimum atomic E-state index is -3.11. The van der Waals surface area contributed by atoms with Gasteiger partial charge in [-0.1, -0.05) is 0 Å². The van der Waals surface area contributed by atoms with Crippen molar-refractivity contribution in [2.24, 2.45) is 0 Å². The summed E-state index contributed by atoms with van der Waals surface area (Å²) in [6.45, 7) is 0. The van der Waals surface area contributed by atoms with Gasteiger partial charge in [0.25, 0.3) is 0 Å². The standard InChI is InChI=1S/H4N4O6S/c5-1-9-2(6)11(1)3(7)10-4(11)8/h1-4H. The van der Waals surface area contributed by atoms with Crippen molar-refractivity contribution in [3.05, 3.63) is 20.8 Å². The van der Waals surface area contributed by atoms with Crippen LogP contribution in [0.1, 0.15) is 0 Å². The maximum atomic E-state index is 10.5. The van der Waals surface area contributed by atoms with Crippen LogP contribution < -0.4 is 18.5 Å². The molecule has 0 bridgehead atoms. The van der Waals surface area contributed by atoms with E-state index in [1.807, 2.05) is 0 Å². The van der Waals surface area contributed by atoms with Gasteiger partial charge in [-0.15, -0.1) is 0 Å². The van der Waals surface area contributed by atoms with Crippen LogP contribution in [0.2, 0.25) is 0 Å². The van der Waals surface area contributed by atoms with Crippen molar-refractivity contribution in [1.29, 1.82) is 0 Å².